The Hall–Kier alpha value is -0.630. The molecule has 2 nitrogen and oxygen atoms in total. The Kier molecular flexibility index (Phi) is 2.38. The molecular weight excluding hydrogens is 152 g/mol. The number of carbonyl (C=O) groups excluding carboxylic acids is 1. The van der Waals surface area contributed by atoms with Gasteiger partial charge in [-0.05, 0) is 25.8 Å². The van der Waals surface area contributed by atoms with E-state index in [0.29, 0.717) is 6.42 Å². The van der Waals surface area contributed by atoms with Gasteiger partial charge in [0, 0.05) is 12.3 Å². The van der Waals surface area contributed by atoms with Crippen LogP contribution in [0.3, 0.4) is 0 Å². The van der Waals surface area contributed by atoms with E-state index >= 15 is 0 Å². The molecule has 0 saturated heterocycles. The molecule has 0 aliphatic heterocycles. The number of aliphatic hydroxyl groups is 1. The van der Waals surface area contributed by atoms with E-state index in [-0.39, 0.29) is 11.7 Å². The Morgan fingerprint density at radius 3 is 2.58 bits per heavy atom. The predicted molar refractivity (Wildman–Crippen MR) is 47.8 cm³/mol. The molecule has 2 heteroatoms. The molecule has 0 heterocycles. The minimum atomic E-state index is -0.824. The van der Waals surface area contributed by atoms with Crippen molar-refractivity contribution in [3.05, 3.63) is 11.6 Å². The van der Waals surface area contributed by atoms with Crippen LogP contribution in [0, 0.1) is 5.92 Å². The van der Waals surface area contributed by atoms with Crippen molar-refractivity contribution in [2.24, 2.45) is 5.92 Å². The van der Waals surface area contributed by atoms with Gasteiger partial charge in [-0.15, -0.1) is 0 Å². The fraction of sp³-hybridized carbons (Fsp3) is 0.700. The summed E-state index contributed by atoms with van der Waals surface area (Å²) in [7, 11) is 0. The zero-order chi connectivity index (χ0) is 9.35. The summed E-state index contributed by atoms with van der Waals surface area (Å²) in [5.74, 6) is 0.380. The summed E-state index contributed by atoms with van der Waals surface area (Å²) >= 11 is 0. The van der Waals surface area contributed by atoms with Gasteiger partial charge in [0.1, 0.15) is 5.78 Å². The average molecular weight is 168 g/mol. The van der Waals surface area contributed by atoms with Crippen LogP contribution in [0.1, 0.15) is 33.6 Å². The molecule has 12 heavy (non-hydrogen) atoms. The molecule has 1 atom stereocenters. The minimum absolute atomic E-state index is 0.135. The molecule has 0 amide bonds. The summed E-state index contributed by atoms with van der Waals surface area (Å²) in [6.45, 7) is 5.38. The highest BCUT2D eigenvalue weighted by Crippen LogP contribution is 2.27. The monoisotopic (exact) mass is 168 g/mol. The standard InChI is InChI=1S/C10H16O2/c1-7-4-5-8(6-9(7)11)10(2,3)12/h5,7,12H,4,6H2,1-3H3/t7-/m1/s1. The van der Waals surface area contributed by atoms with Gasteiger partial charge in [-0.1, -0.05) is 13.0 Å². The van der Waals surface area contributed by atoms with Crippen LogP contribution < -0.4 is 0 Å². The lowest BCUT2D eigenvalue weighted by atomic mass is 9.83. The second kappa shape index (κ2) is 3.02. The van der Waals surface area contributed by atoms with E-state index < -0.39 is 5.60 Å². The van der Waals surface area contributed by atoms with Crippen molar-refractivity contribution in [1.29, 1.82) is 0 Å². The molecule has 0 aromatic carbocycles. The third kappa shape index (κ3) is 1.95. The quantitative estimate of drug-likeness (QED) is 0.605. The van der Waals surface area contributed by atoms with Crippen LogP contribution in [-0.2, 0) is 4.79 Å². The van der Waals surface area contributed by atoms with Crippen LogP contribution in [0.5, 0.6) is 0 Å². The van der Waals surface area contributed by atoms with E-state index in [1.807, 2.05) is 13.0 Å². The van der Waals surface area contributed by atoms with Gasteiger partial charge in [0.25, 0.3) is 0 Å². The molecule has 68 valence electrons. The molecule has 0 fully saturated rings. The van der Waals surface area contributed by atoms with Crippen LogP contribution in [0.4, 0.5) is 0 Å². The highest BCUT2D eigenvalue weighted by molar-refractivity contribution is 5.84. The summed E-state index contributed by atoms with van der Waals surface area (Å²) in [5, 5.41) is 9.63. The highest BCUT2D eigenvalue weighted by Gasteiger charge is 2.27. The molecular formula is C10H16O2. The Bertz CT molecular complexity index is 220. The fourth-order valence-electron chi connectivity index (χ4n) is 1.35. The summed E-state index contributed by atoms with van der Waals surface area (Å²) in [6, 6.07) is 0. The van der Waals surface area contributed by atoms with Crippen molar-refractivity contribution < 1.29 is 9.90 Å². The molecule has 0 aromatic rings. The van der Waals surface area contributed by atoms with Crippen molar-refractivity contribution in [2.75, 3.05) is 0 Å². The molecule has 0 spiro atoms. The Balaban J connectivity index is 2.78. The Labute approximate surface area is 73.3 Å². The van der Waals surface area contributed by atoms with Crippen molar-refractivity contribution in [3.8, 4) is 0 Å². The number of hydrogen-bond donors (Lipinski definition) is 1. The SMILES string of the molecule is C[C@@H]1CC=C(C(C)(C)O)CC1=O. The molecule has 1 N–H and O–H groups in total. The largest absolute Gasteiger partial charge is 0.386 e. The van der Waals surface area contributed by atoms with E-state index in [9.17, 15) is 9.90 Å². The van der Waals surface area contributed by atoms with Crippen molar-refractivity contribution in [2.45, 2.75) is 39.2 Å². The zero-order valence-electron chi connectivity index (χ0n) is 7.92. The number of rotatable bonds is 1. The van der Waals surface area contributed by atoms with E-state index in [4.69, 9.17) is 0 Å². The van der Waals surface area contributed by atoms with Crippen molar-refractivity contribution >= 4 is 5.78 Å². The Morgan fingerprint density at radius 1 is 1.58 bits per heavy atom. The van der Waals surface area contributed by atoms with Crippen LogP contribution in [0.2, 0.25) is 0 Å². The van der Waals surface area contributed by atoms with Gasteiger partial charge < -0.3 is 5.11 Å². The maximum absolute atomic E-state index is 11.3. The van der Waals surface area contributed by atoms with E-state index in [0.717, 1.165) is 12.0 Å². The number of hydrogen-bond acceptors (Lipinski definition) is 2. The third-order valence-corrected chi connectivity index (χ3v) is 2.42. The van der Waals surface area contributed by atoms with E-state index in [1.54, 1.807) is 13.8 Å². The fourth-order valence-corrected chi connectivity index (χ4v) is 1.35. The first kappa shape index (κ1) is 9.46. The molecule has 0 aromatic heterocycles. The first-order valence-electron chi connectivity index (χ1n) is 4.36. The molecule has 0 unspecified atom stereocenters. The molecule has 0 saturated carbocycles. The van der Waals surface area contributed by atoms with Gasteiger partial charge in [-0.25, -0.2) is 0 Å². The van der Waals surface area contributed by atoms with Gasteiger partial charge in [0.15, 0.2) is 0 Å². The van der Waals surface area contributed by atoms with E-state index in [1.165, 1.54) is 0 Å². The lowest BCUT2D eigenvalue weighted by Crippen LogP contribution is -2.28. The number of ketones is 1. The van der Waals surface area contributed by atoms with Gasteiger partial charge in [-0.2, -0.15) is 0 Å². The Morgan fingerprint density at radius 2 is 2.17 bits per heavy atom. The first-order chi connectivity index (χ1) is 5.41. The highest BCUT2D eigenvalue weighted by atomic mass is 16.3. The molecule has 1 aliphatic rings. The van der Waals surface area contributed by atoms with Gasteiger partial charge >= 0.3 is 0 Å². The summed E-state index contributed by atoms with van der Waals surface area (Å²) in [5.41, 5.74) is 0.0427. The van der Waals surface area contributed by atoms with Crippen molar-refractivity contribution in [1.82, 2.24) is 0 Å². The van der Waals surface area contributed by atoms with E-state index in [2.05, 4.69) is 0 Å². The smallest absolute Gasteiger partial charge is 0.140 e. The van der Waals surface area contributed by atoms with Crippen molar-refractivity contribution in [3.63, 3.8) is 0 Å². The second-order valence-corrected chi connectivity index (χ2v) is 4.07. The second-order valence-electron chi connectivity index (χ2n) is 4.07. The minimum Gasteiger partial charge on any atom is -0.386 e. The van der Waals surface area contributed by atoms with Gasteiger partial charge in [-0.3, -0.25) is 4.79 Å². The lowest BCUT2D eigenvalue weighted by Gasteiger charge is -2.26. The normalized spacial score (nSPS) is 25.5. The zero-order valence-corrected chi connectivity index (χ0v) is 7.92. The summed E-state index contributed by atoms with van der Waals surface area (Å²) in [4.78, 5) is 11.3. The van der Waals surface area contributed by atoms with Crippen LogP contribution in [0.15, 0.2) is 11.6 Å². The molecule has 0 radical (unpaired) electrons. The summed E-state index contributed by atoms with van der Waals surface area (Å²) < 4.78 is 0. The maximum Gasteiger partial charge on any atom is 0.140 e. The van der Waals surface area contributed by atoms with Crippen LogP contribution >= 0.6 is 0 Å². The predicted octanol–water partition coefficient (Wildman–Crippen LogP) is 1.68. The lowest BCUT2D eigenvalue weighted by molar-refractivity contribution is -0.122. The first-order valence-corrected chi connectivity index (χ1v) is 4.36. The number of Topliss-reactive ketones (excluding diaryl/α,β-unsaturated/α-hetero) is 1. The third-order valence-electron chi connectivity index (χ3n) is 2.42. The topological polar surface area (TPSA) is 37.3 Å². The number of allylic oxidation sites excluding steroid dienone is 1. The average Bonchev–Trinajstić information content (AvgIpc) is 1.92. The van der Waals surface area contributed by atoms with Crippen LogP contribution in [0.25, 0.3) is 0 Å². The summed E-state index contributed by atoms with van der Waals surface area (Å²) in [6.07, 6.45) is 3.19. The van der Waals surface area contributed by atoms with Gasteiger partial charge in [0.05, 0.1) is 5.60 Å². The maximum atomic E-state index is 11.3. The molecule has 1 rings (SSSR count). The van der Waals surface area contributed by atoms with Gasteiger partial charge in [0.2, 0.25) is 0 Å². The molecule has 1 aliphatic carbocycles. The number of carbonyl (C=O) groups is 1. The van der Waals surface area contributed by atoms with Crippen LogP contribution in [-0.4, -0.2) is 16.5 Å². The molecule has 0 bridgehead atoms.